The van der Waals surface area contributed by atoms with E-state index in [2.05, 4.69) is 9.36 Å². The summed E-state index contributed by atoms with van der Waals surface area (Å²) in [6, 6.07) is 6.68. The molecule has 5 nitrogen and oxygen atoms in total. The molecule has 8 heteroatoms. The van der Waals surface area contributed by atoms with E-state index in [0.717, 1.165) is 12.1 Å². The zero-order valence-corrected chi connectivity index (χ0v) is 13.6. The quantitative estimate of drug-likeness (QED) is 0.849. The Balaban J connectivity index is 1.98. The molecule has 0 radical (unpaired) electrons. The van der Waals surface area contributed by atoms with Crippen LogP contribution in [0.2, 0.25) is 0 Å². The Bertz CT molecular complexity index is 875. The van der Waals surface area contributed by atoms with Gasteiger partial charge in [0.2, 0.25) is 0 Å². The maximum atomic E-state index is 13.4. The van der Waals surface area contributed by atoms with Gasteiger partial charge in [0.05, 0.1) is 30.3 Å². The highest BCUT2D eigenvalue weighted by atomic mass is 32.2. The summed E-state index contributed by atoms with van der Waals surface area (Å²) in [7, 11) is 1.87. The van der Waals surface area contributed by atoms with Crippen LogP contribution >= 0.6 is 0 Å². The maximum Gasteiger partial charge on any atom is 0.283 e. The van der Waals surface area contributed by atoms with Gasteiger partial charge in [-0.05, 0) is 28.9 Å². The fraction of sp³-hybridized carbons (Fsp3) is 0.125. The largest absolute Gasteiger partial charge is 0.497 e. The maximum absolute atomic E-state index is 13.4. The highest BCUT2D eigenvalue weighted by Gasteiger charge is 2.19. The van der Waals surface area contributed by atoms with E-state index in [1.54, 1.807) is 6.07 Å². The second kappa shape index (κ2) is 6.48. The third kappa shape index (κ3) is 3.05. The van der Waals surface area contributed by atoms with E-state index >= 15 is 0 Å². The number of rotatable bonds is 3. The molecule has 124 valence electrons. The Morgan fingerprint density at radius 2 is 1.67 bits per heavy atom. The van der Waals surface area contributed by atoms with Gasteiger partial charge in [-0.25, -0.2) is 13.8 Å². The average molecular weight is 350 g/mol. The Morgan fingerprint density at radius 1 is 1.04 bits per heavy atom. The normalized spacial score (nSPS) is 15.4. The first-order valence-corrected chi connectivity index (χ1v) is 8.02. The van der Waals surface area contributed by atoms with Crippen molar-refractivity contribution in [3.8, 4) is 11.5 Å². The van der Waals surface area contributed by atoms with Crippen molar-refractivity contribution in [2.45, 2.75) is 4.90 Å². The molecule has 1 aliphatic rings. The Morgan fingerprint density at radius 3 is 2.29 bits per heavy atom. The summed E-state index contributed by atoms with van der Waals surface area (Å²) in [4.78, 5) is 16.8. The van der Waals surface area contributed by atoms with E-state index in [1.165, 1.54) is 31.9 Å². The molecule has 2 aromatic rings. The molecular formula is C16H12F2N2O3S. The standard InChI is InChI=1S/C16H12F2N2O3S/c1-22-10-3-9(4-11(5-10)23-2)16(21)20-24-8-19-14-6-12(17)13(18)7-15(14)24/h3-8H,1-2H3. The van der Waals surface area contributed by atoms with Gasteiger partial charge in [-0.3, -0.25) is 4.79 Å². The number of carbonyl (C=O) groups excluding carboxylic acids is 1. The van der Waals surface area contributed by atoms with Gasteiger partial charge >= 0.3 is 0 Å². The molecule has 1 atom stereocenters. The zero-order valence-electron chi connectivity index (χ0n) is 12.7. The fourth-order valence-electron chi connectivity index (χ4n) is 2.10. The number of aliphatic imine (C=N–C) groups is 1. The van der Waals surface area contributed by atoms with Gasteiger partial charge < -0.3 is 9.47 Å². The molecule has 0 saturated heterocycles. The van der Waals surface area contributed by atoms with Crippen LogP contribution < -0.4 is 9.47 Å². The van der Waals surface area contributed by atoms with Crippen molar-refractivity contribution in [2.75, 3.05) is 14.2 Å². The number of hydrogen-bond donors (Lipinski definition) is 0. The number of halogens is 2. The van der Waals surface area contributed by atoms with Gasteiger partial charge in [0.1, 0.15) is 11.5 Å². The number of carbonyl (C=O) groups is 1. The third-order valence-corrected chi connectivity index (χ3v) is 4.74. The summed E-state index contributed by atoms with van der Waals surface area (Å²) in [6.45, 7) is 0. The SMILES string of the molecule is COc1cc(OC)cc(C(=O)N=S2C=Nc3cc(F)c(F)cc32)c1. The minimum absolute atomic E-state index is 0.267. The molecule has 0 bridgehead atoms. The summed E-state index contributed by atoms with van der Waals surface area (Å²) in [5, 5.41) is 0. The van der Waals surface area contributed by atoms with Crippen molar-refractivity contribution in [1.82, 2.24) is 0 Å². The van der Waals surface area contributed by atoms with Gasteiger partial charge in [-0.2, -0.15) is 4.36 Å². The number of nitrogens with zero attached hydrogens (tertiary/aromatic N) is 2. The van der Waals surface area contributed by atoms with Crippen molar-refractivity contribution in [3.63, 3.8) is 0 Å². The number of fused-ring (bicyclic) bond motifs is 1. The van der Waals surface area contributed by atoms with Crippen molar-refractivity contribution >= 4 is 27.8 Å². The van der Waals surface area contributed by atoms with Crippen LogP contribution in [0.25, 0.3) is 0 Å². The fourth-order valence-corrected chi connectivity index (χ4v) is 3.40. The summed E-state index contributed by atoms with van der Waals surface area (Å²) in [6.07, 6.45) is 0. The lowest BCUT2D eigenvalue weighted by Gasteiger charge is -2.06. The van der Waals surface area contributed by atoms with Crippen molar-refractivity contribution in [2.24, 2.45) is 9.36 Å². The van der Waals surface area contributed by atoms with E-state index in [0.29, 0.717) is 16.4 Å². The number of amides is 1. The number of hydrogen-bond acceptors (Lipinski definition) is 4. The molecule has 0 N–H and O–H groups in total. The van der Waals surface area contributed by atoms with Crippen LogP contribution in [0, 0.1) is 11.6 Å². The smallest absolute Gasteiger partial charge is 0.283 e. The minimum atomic E-state index is -1.07. The molecule has 3 rings (SSSR count). The highest BCUT2D eigenvalue weighted by Crippen LogP contribution is 2.31. The molecule has 0 aromatic heterocycles. The first-order valence-electron chi connectivity index (χ1n) is 6.77. The summed E-state index contributed by atoms with van der Waals surface area (Å²) in [5.41, 5.74) is 1.94. The van der Waals surface area contributed by atoms with E-state index in [4.69, 9.17) is 9.47 Å². The van der Waals surface area contributed by atoms with Gasteiger partial charge in [-0.15, -0.1) is 0 Å². The Kier molecular flexibility index (Phi) is 4.39. The molecule has 1 aliphatic heterocycles. The molecule has 0 saturated carbocycles. The number of methoxy groups -OCH3 is 2. The van der Waals surface area contributed by atoms with Crippen LogP contribution in [0.15, 0.2) is 44.6 Å². The van der Waals surface area contributed by atoms with Gasteiger partial charge in [0.15, 0.2) is 11.6 Å². The molecule has 24 heavy (non-hydrogen) atoms. The second-order valence-electron chi connectivity index (χ2n) is 4.78. The lowest BCUT2D eigenvalue weighted by atomic mass is 10.2. The summed E-state index contributed by atoms with van der Waals surface area (Å²) in [5.74, 6) is -1.61. The molecule has 1 amide bonds. The van der Waals surface area contributed by atoms with Crippen molar-refractivity contribution < 1.29 is 23.0 Å². The van der Waals surface area contributed by atoms with E-state index in [9.17, 15) is 13.6 Å². The molecule has 2 aromatic carbocycles. The van der Waals surface area contributed by atoms with Crippen LogP contribution in [0.5, 0.6) is 11.5 Å². The van der Waals surface area contributed by atoms with E-state index in [-0.39, 0.29) is 11.3 Å². The van der Waals surface area contributed by atoms with Crippen molar-refractivity contribution in [3.05, 3.63) is 47.5 Å². The van der Waals surface area contributed by atoms with E-state index < -0.39 is 28.2 Å². The predicted octanol–water partition coefficient (Wildman–Crippen LogP) is 3.66. The first-order chi connectivity index (χ1) is 11.5. The predicted molar refractivity (Wildman–Crippen MR) is 86.4 cm³/mol. The molecular weight excluding hydrogens is 338 g/mol. The average Bonchev–Trinajstić information content (AvgIpc) is 2.96. The van der Waals surface area contributed by atoms with Gasteiger partial charge in [0.25, 0.3) is 5.91 Å². The summed E-state index contributed by atoms with van der Waals surface area (Å²) >= 11 is 0. The third-order valence-electron chi connectivity index (χ3n) is 3.30. The molecule has 0 spiro atoms. The lowest BCUT2D eigenvalue weighted by Crippen LogP contribution is -2.00. The minimum Gasteiger partial charge on any atom is -0.497 e. The van der Waals surface area contributed by atoms with Crippen LogP contribution in [-0.4, -0.2) is 25.7 Å². The molecule has 0 aliphatic carbocycles. The topological polar surface area (TPSA) is 60.2 Å². The first kappa shape index (κ1) is 16.3. The monoisotopic (exact) mass is 350 g/mol. The Labute approximate surface area is 139 Å². The molecule has 1 heterocycles. The zero-order chi connectivity index (χ0) is 17.3. The number of benzene rings is 2. The Hall–Kier alpha value is -2.61. The van der Waals surface area contributed by atoms with Crippen LogP contribution in [0.4, 0.5) is 14.5 Å². The van der Waals surface area contributed by atoms with Gasteiger partial charge in [0, 0.05) is 17.7 Å². The van der Waals surface area contributed by atoms with E-state index in [1.807, 2.05) is 0 Å². The molecule has 1 unspecified atom stereocenters. The van der Waals surface area contributed by atoms with Crippen LogP contribution in [0.1, 0.15) is 10.4 Å². The number of ether oxygens (including phenoxy) is 2. The van der Waals surface area contributed by atoms with Crippen LogP contribution in [0.3, 0.4) is 0 Å². The summed E-state index contributed by atoms with van der Waals surface area (Å²) < 4.78 is 40.9. The van der Waals surface area contributed by atoms with Gasteiger partial charge in [-0.1, -0.05) is 0 Å². The van der Waals surface area contributed by atoms with Crippen LogP contribution in [-0.2, 0) is 10.7 Å². The second-order valence-corrected chi connectivity index (χ2v) is 6.24. The van der Waals surface area contributed by atoms with Crippen molar-refractivity contribution in [1.29, 1.82) is 0 Å². The highest BCUT2D eigenvalue weighted by molar-refractivity contribution is 8.01. The molecule has 0 fully saturated rings. The lowest BCUT2D eigenvalue weighted by molar-refractivity contribution is 0.100.